The summed E-state index contributed by atoms with van der Waals surface area (Å²) in [6.07, 6.45) is 10.1. The summed E-state index contributed by atoms with van der Waals surface area (Å²) in [6.45, 7) is 0. The molecule has 0 aliphatic heterocycles. The van der Waals surface area contributed by atoms with Crippen LogP contribution < -0.4 is 0 Å². The fourth-order valence-electron chi connectivity index (χ4n) is 3.10. The predicted octanol–water partition coefficient (Wildman–Crippen LogP) is 2.63. The molecular weight excluding hydrogens is 160 g/mol. The minimum atomic E-state index is 0.386. The second-order valence-corrected chi connectivity index (χ2v) is 4.47. The number of hydrogen-bond donors (Lipinski definition) is 0. The predicted molar refractivity (Wildman–Crippen MR) is 51.2 cm³/mol. The van der Waals surface area contributed by atoms with Crippen molar-refractivity contribution in [3.63, 3.8) is 0 Å². The van der Waals surface area contributed by atoms with Gasteiger partial charge in [0.2, 0.25) is 0 Å². The lowest BCUT2D eigenvalue weighted by molar-refractivity contribution is -0.121. The summed E-state index contributed by atoms with van der Waals surface area (Å²) in [7, 11) is 0. The first kappa shape index (κ1) is 7.54. The van der Waals surface area contributed by atoms with Gasteiger partial charge in [0, 0.05) is 11.5 Å². The Morgan fingerprint density at radius 1 is 1.23 bits per heavy atom. The van der Waals surface area contributed by atoms with Crippen LogP contribution in [0.2, 0.25) is 0 Å². The molecule has 0 aromatic carbocycles. The number of rotatable bonds is 0. The van der Waals surface area contributed by atoms with E-state index in [9.17, 15) is 4.79 Å². The largest absolute Gasteiger partial charge is 0.294 e. The zero-order valence-corrected chi connectivity index (χ0v) is 7.75. The Kier molecular flexibility index (Phi) is 1.49. The third kappa shape index (κ3) is 0.962. The smallest absolute Gasteiger partial charge is 0.162 e. The van der Waals surface area contributed by atoms with E-state index in [1.54, 1.807) is 0 Å². The van der Waals surface area contributed by atoms with Crippen LogP contribution in [0.3, 0.4) is 0 Å². The van der Waals surface area contributed by atoms with Gasteiger partial charge in [-0.1, -0.05) is 18.6 Å². The Morgan fingerprint density at radius 3 is 3.00 bits per heavy atom. The highest BCUT2D eigenvalue weighted by Gasteiger charge is 2.37. The number of carbonyl (C=O) groups is 1. The van der Waals surface area contributed by atoms with Crippen LogP contribution in [0.1, 0.15) is 32.1 Å². The fraction of sp³-hybridized carbons (Fsp3) is 0.583. The maximum atomic E-state index is 11.9. The van der Waals surface area contributed by atoms with Crippen molar-refractivity contribution in [3.05, 3.63) is 23.3 Å². The molecule has 68 valence electrons. The third-order valence-corrected chi connectivity index (χ3v) is 3.75. The minimum absolute atomic E-state index is 0.386. The monoisotopic (exact) mass is 174 g/mol. The van der Waals surface area contributed by atoms with E-state index in [4.69, 9.17) is 0 Å². The Labute approximate surface area is 78.5 Å². The van der Waals surface area contributed by atoms with Crippen molar-refractivity contribution in [3.8, 4) is 0 Å². The molecule has 1 saturated carbocycles. The highest BCUT2D eigenvalue weighted by atomic mass is 16.1. The van der Waals surface area contributed by atoms with Crippen molar-refractivity contribution in [2.75, 3.05) is 0 Å². The maximum absolute atomic E-state index is 11.9. The Hall–Kier alpha value is -0.850. The molecule has 3 aliphatic carbocycles. The van der Waals surface area contributed by atoms with Gasteiger partial charge >= 0.3 is 0 Å². The molecule has 3 rings (SSSR count). The van der Waals surface area contributed by atoms with Crippen molar-refractivity contribution in [2.24, 2.45) is 11.8 Å². The van der Waals surface area contributed by atoms with E-state index in [2.05, 4.69) is 12.2 Å². The summed E-state index contributed by atoms with van der Waals surface area (Å²) in [6, 6.07) is 0. The molecule has 0 spiro atoms. The van der Waals surface area contributed by atoms with Crippen LogP contribution in [0.5, 0.6) is 0 Å². The Morgan fingerprint density at radius 2 is 2.08 bits per heavy atom. The second-order valence-electron chi connectivity index (χ2n) is 4.47. The third-order valence-electron chi connectivity index (χ3n) is 3.75. The van der Waals surface area contributed by atoms with E-state index in [0.29, 0.717) is 11.7 Å². The lowest BCUT2D eigenvalue weighted by Crippen LogP contribution is -2.30. The fourth-order valence-corrected chi connectivity index (χ4v) is 3.10. The average Bonchev–Trinajstić information content (AvgIpc) is 2.64. The van der Waals surface area contributed by atoms with Crippen LogP contribution in [-0.4, -0.2) is 5.78 Å². The first-order valence-corrected chi connectivity index (χ1v) is 5.30. The summed E-state index contributed by atoms with van der Waals surface area (Å²) in [5, 5.41) is 0. The maximum Gasteiger partial charge on any atom is 0.162 e. The van der Waals surface area contributed by atoms with Crippen molar-refractivity contribution in [1.29, 1.82) is 0 Å². The molecule has 2 unspecified atom stereocenters. The quantitative estimate of drug-likeness (QED) is 0.551. The van der Waals surface area contributed by atoms with Gasteiger partial charge in [-0.3, -0.25) is 4.79 Å². The molecule has 2 atom stereocenters. The van der Waals surface area contributed by atoms with Gasteiger partial charge < -0.3 is 0 Å². The molecular formula is C12H14O. The number of hydrogen-bond acceptors (Lipinski definition) is 1. The highest BCUT2D eigenvalue weighted by molar-refractivity contribution is 6.00. The normalized spacial score (nSPS) is 36.8. The minimum Gasteiger partial charge on any atom is -0.294 e. The topological polar surface area (TPSA) is 17.1 Å². The molecule has 0 radical (unpaired) electrons. The van der Waals surface area contributed by atoms with Crippen LogP contribution >= 0.6 is 0 Å². The molecule has 13 heavy (non-hydrogen) atoms. The number of carbonyl (C=O) groups excluding carboxylic acids is 1. The summed E-state index contributed by atoms with van der Waals surface area (Å²) in [4.78, 5) is 11.9. The molecule has 0 amide bonds. The first-order valence-electron chi connectivity index (χ1n) is 5.30. The number of fused-ring (bicyclic) bond motifs is 3. The summed E-state index contributed by atoms with van der Waals surface area (Å²) >= 11 is 0. The van der Waals surface area contributed by atoms with Crippen molar-refractivity contribution < 1.29 is 4.79 Å². The van der Waals surface area contributed by atoms with E-state index in [0.717, 1.165) is 30.8 Å². The molecule has 0 aromatic heterocycles. The summed E-state index contributed by atoms with van der Waals surface area (Å²) < 4.78 is 0. The van der Waals surface area contributed by atoms with E-state index >= 15 is 0 Å². The molecule has 1 nitrogen and oxygen atoms in total. The average molecular weight is 174 g/mol. The van der Waals surface area contributed by atoms with Gasteiger partial charge in [0.1, 0.15) is 0 Å². The van der Waals surface area contributed by atoms with Crippen LogP contribution in [0, 0.1) is 11.8 Å². The van der Waals surface area contributed by atoms with Gasteiger partial charge in [-0.15, -0.1) is 0 Å². The van der Waals surface area contributed by atoms with E-state index in [-0.39, 0.29) is 0 Å². The SMILES string of the molecule is O=C1C2=C(C=CC2)C2CCCC1C2. The standard InChI is InChI=1S/C12H14O/c13-12-9-4-1-3-8(7-9)10-5-2-6-11(10)12/h2,5,8-9H,1,3-4,6-7H2. The molecule has 1 heteroatoms. The molecule has 1 fully saturated rings. The van der Waals surface area contributed by atoms with Crippen molar-refractivity contribution >= 4 is 5.78 Å². The van der Waals surface area contributed by atoms with Crippen LogP contribution in [0.25, 0.3) is 0 Å². The summed E-state index contributed by atoms with van der Waals surface area (Å²) in [5.41, 5.74) is 2.54. The van der Waals surface area contributed by atoms with Gasteiger partial charge in [0.15, 0.2) is 5.78 Å². The number of Topliss-reactive ketones (excluding diaryl/α,β-unsaturated/α-hetero) is 1. The molecule has 0 heterocycles. The molecule has 0 N–H and O–H groups in total. The van der Waals surface area contributed by atoms with Crippen LogP contribution in [0.15, 0.2) is 23.3 Å². The first-order chi connectivity index (χ1) is 6.36. The lowest BCUT2D eigenvalue weighted by atomic mass is 9.69. The van der Waals surface area contributed by atoms with Gasteiger partial charge in [-0.05, 0) is 37.2 Å². The molecule has 2 bridgehead atoms. The van der Waals surface area contributed by atoms with Crippen LogP contribution in [-0.2, 0) is 4.79 Å². The van der Waals surface area contributed by atoms with E-state index in [1.807, 2.05) is 0 Å². The molecule has 0 aromatic rings. The summed E-state index contributed by atoms with van der Waals surface area (Å²) in [5.74, 6) is 1.58. The zero-order chi connectivity index (χ0) is 8.84. The van der Waals surface area contributed by atoms with Gasteiger partial charge in [0.25, 0.3) is 0 Å². The molecule has 0 saturated heterocycles. The number of ketones is 1. The van der Waals surface area contributed by atoms with Crippen molar-refractivity contribution in [2.45, 2.75) is 32.1 Å². The Balaban J connectivity index is 2.07. The lowest BCUT2D eigenvalue weighted by Gasteiger charge is -2.34. The van der Waals surface area contributed by atoms with E-state index in [1.165, 1.54) is 18.4 Å². The molecule has 3 aliphatic rings. The Bertz CT molecular complexity index is 322. The zero-order valence-electron chi connectivity index (χ0n) is 7.75. The van der Waals surface area contributed by atoms with Crippen molar-refractivity contribution in [1.82, 2.24) is 0 Å². The number of allylic oxidation sites excluding steroid dienone is 4. The second kappa shape index (κ2) is 2.57. The van der Waals surface area contributed by atoms with Crippen LogP contribution in [0.4, 0.5) is 0 Å². The van der Waals surface area contributed by atoms with E-state index < -0.39 is 0 Å². The highest BCUT2D eigenvalue weighted by Crippen LogP contribution is 2.44. The van der Waals surface area contributed by atoms with Gasteiger partial charge in [-0.2, -0.15) is 0 Å². The van der Waals surface area contributed by atoms with Gasteiger partial charge in [0.05, 0.1) is 0 Å². The van der Waals surface area contributed by atoms with Gasteiger partial charge in [-0.25, -0.2) is 0 Å².